The van der Waals surface area contributed by atoms with Crippen molar-refractivity contribution in [1.29, 1.82) is 0 Å². The molecule has 4 rings (SSSR count). The fourth-order valence-corrected chi connectivity index (χ4v) is 4.36. The molecule has 186 valence electrons. The molecular formula is C29H28FNO5. The topological polar surface area (TPSA) is 76.1 Å². The Morgan fingerprint density at radius 2 is 1.67 bits per heavy atom. The molecule has 0 radical (unpaired) electrons. The van der Waals surface area contributed by atoms with Crippen LogP contribution in [0.2, 0.25) is 0 Å². The number of ether oxygens (including phenoxy) is 2. The van der Waals surface area contributed by atoms with E-state index in [1.54, 1.807) is 42.5 Å². The lowest BCUT2D eigenvalue weighted by molar-refractivity contribution is -0.132. The van der Waals surface area contributed by atoms with E-state index in [4.69, 9.17) is 9.47 Å². The van der Waals surface area contributed by atoms with E-state index >= 15 is 0 Å². The second kappa shape index (κ2) is 9.49. The van der Waals surface area contributed by atoms with Crippen LogP contribution >= 0.6 is 0 Å². The number of anilines is 1. The van der Waals surface area contributed by atoms with E-state index in [2.05, 4.69) is 0 Å². The Morgan fingerprint density at radius 3 is 2.31 bits per heavy atom. The van der Waals surface area contributed by atoms with Crippen molar-refractivity contribution in [3.05, 3.63) is 94.8 Å². The number of benzene rings is 3. The van der Waals surface area contributed by atoms with Crippen LogP contribution in [0.3, 0.4) is 0 Å². The molecule has 3 aromatic rings. The third-order valence-corrected chi connectivity index (χ3v) is 6.26. The molecule has 1 heterocycles. The first-order valence-corrected chi connectivity index (χ1v) is 11.5. The first-order valence-electron chi connectivity index (χ1n) is 11.5. The van der Waals surface area contributed by atoms with Gasteiger partial charge in [0.2, 0.25) is 0 Å². The average molecular weight is 490 g/mol. The Morgan fingerprint density at radius 1 is 0.944 bits per heavy atom. The molecule has 3 aromatic carbocycles. The van der Waals surface area contributed by atoms with Crippen LogP contribution in [0, 0.1) is 5.82 Å². The summed E-state index contributed by atoms with van der Waals surface area (Å²) < 4.78 is 25.0. The molecule has 6 nitrogen and oxygen atoms in total. The van der Waals surface area contributed by atoms with Gasteiger partial charge >= 0.3 is 0 Å². The highest BCUT2D eigenvalue weighted by Crippen LogP contribution is 2.44. The normalized spacial score (nSPS) is 17.4. The van der Waals surface area contributed by atoms with Crippen molar-refractivity contribution in [2.45, 2.75) is 32.2 Å². The summed E-state index contributed by atoms with van der Waals surface area (Å²) >= 11 is 0. The van der Waals surface area contributed by atoms with Gasteiger partial charge in [-0.1, -0.05) is 45.0 Å². The number of ketones is 1. The molecule has 0 aromatic heterocycles. The maximum atomic E-state index is 14.1. The molecule has 1 amide bonds. The highest BCUT2D eigenvalue weighted by molar-refractivity contribution is 6.51. The van der Waals surface area contributed by atoms with E-state index in [-0.39, 0.29) is 28.0 Å². The van der Waals surface area contributed by atoms with Crippen LogP contribution in [0.1, 0.15) is 43.5 Å². The summed E-state index contributed by atoms with van der Waals surface area (Å²) in [5.74, 6) is -1.83. The van der Waals surface area contributed by atoms with Crippen molar-refractivity contribution in [2.75, 3.05) is 19.1 Å². The molecule has 1 saturated heterocycles. The van der Waals surface area contributed by atoms with Crippen molar-refractivity contribution < 1.29 is 28.6 Å². The van der Waals surface area contributed by atoms with Crippen molar-refractivity contribution in [2.24, 2.45) is 0 Å². The lowest BCUT2D eigenvalue weighted by Crippen LogP contribution is -2.29. The first-order chi connectivity index (χ1) is 17.1. The molecule has 1 atom stereocenters. The molecule has 7 heteroatoms. The van der Waals surface area contributed by atoms with Crippen LogP contribution in [0.25, 0.3) is 5.76 Å². The number of Topliss-reactive ketones (excluding diaryl/α,β-unsaturated/α-hetero) is 1. The summed E-state index contributed by atoms with van der Waals surface area (Å²) in [6.45, 7) is 6.08. The molecule has 0 aliphatic carbocycles. The van der Waals surface area contributed by atoms with E-state index in [1.165, 1.54) is 37.3 Å². The minimum absolute atomic E-state index is 0.123. The SMILES string of the molecule is COc1cccc(C2/C(=C(\O)c3cc(C(C)(C)C)ccc3OC)C(=O)C(=O)N2c2cccc(F)c2)c1. The molecular weight excluding hydrogens is 461 g/mol. The van der Waals surface area contributed by atoms with Gasteiger partial charge in [0, 0.05) is 5.69 Å². The summed E-state index contributed by atoms with van der Waals surface area (Å²) in [7, 11) is 2.97. The van der Waals surface area contributed by atoms with E-state index in [1.807, 2.05) is 26.8 Å². The van der Waals surface area contributed by atoms with Crippen LogP contribution in [0.5, 0.6) is 11.5 Å². The quantitative estimate of drug-likeness (QED) is 0.280. The molecule has 0 spiro atoms. The lowest BCUT2D eigenvalue weighted by atomic mass is 9.85. The van der Waals surface area contributed by atoms with E-state index < -0.39 is 23.5 Å². The summed E-state index contributed by atoms with van der Waals surface area (Å²) in [5, 5.41) is 11.6. The Kier molecular flexibility index (Phi) is 6.59. The lowest BCUT2D eigenvalue weighted by Gasteiger charge is -2.26. The Hall–Kier alpha value is -4.13. The van der Waals surface area contributed by atoms with Crippen LogP contribution in [-0.2, 0) is 15.0 Å². The zero-order valence-electron chi connectivity index (χ0n) is 20.8. The molecule has 1 aliphatic heterocycles. The molecule has 36 heavy (non-hydrogen) atoms. The number of carbonyl (C=O) groups excluding carboxylic acids is 2. The van der Waals surface area contributed by atoms with Gasteiger partial charge in [0.25, 0.3) is 11.7 Å². The predicted octanol–water partition coefficient (Wildman–Crippen LogP) is 5.77. The van der Waals surface area contributed by atoms with Crippen LogP contribution in [0.4, 0.5) is 10.1 Å². The van der Waals surface area contributed by atoms with Gasteiger partial charge in [-0.15, -0.1) is 0 Å². The number of methoxy groups -OCH3 is 2. The monoisotopic (exact) mass is 489 g/mol. The summed E-state index contributed by atoms with van der Waals surface area (Å²) in [6, 6.07) is 16.6. The smallest absolute Gasteiger partial charge is 0.300 e. The van der Waals surface area contributed by atoms with Gasteiger partial charge in [-0.3, -0.25) is 14.5 Å². The highest BCUT2D eigenvalue weighted by atomic mass is 19.1. The van der Waals surface area contributed by atoms with E-state index in [0.29, 0.717) is 17.1 Å². The van der Waals surface area contributed by atoms with Crippen LogP contribution in [-0.4, -0.2) is 31.0 Å². The van der Waals surface area contributed by atoms with Gasteiger partial charge in [0.05, 0.1) is 31.4 Å². The van der Waals surface area contributed by atoms with Crippen LogP contribution in [0.15, 0.2) is 72.3 Å². The second-order valence-corrected chi connectivity index (χ2v) is 9.59. The second-order valence-electron chi connectivity index (χ2n) is 9.59. The number of aliphatic hydroxyl groups is 1. The minimum Gasteiger partial charge on any atom is -0.507 e. The molecule has 1 unspecified atom stereocenters. The molecule has 1 aliphatic rings. The van der Waals surface area contributed by atoms with Crippen molar-refractivity contribution >= 4 is 23.1 Å². The molecule has 1 N–H and O–H groups in total. The number of hydrogen-bond donors (Lipinski definition) is 1. The van der Waals surface area contributed by atoms with Gasteiger partial charge < -0.3 is 14.6 Å². The Balaban J connectivity index is 2.01. The van der Waals surface area contributed by atoms with E-state index in [0.717, 1.165) is 5.56 Å². The summed E-state index contributed by atoms with van der Waals surface area (Å²) in [4.78, 5) is 28.0. The number of rotatable bonds is 5. The number of aliphatic hydroxyl groups excluding tert-OH is 1. The Bertz CT molecular complexity index is 1370. The zero-order chi connectivity index (χ0) is 26.2. The largest absolute Gasteiger partial charge is 0.507 e. The van der Waals surface area contributed by atoms with Crippen molar-refractivity contribution in [3.63, 3.8) is 0 Å². The minimum atomic E-state index is -1.02. The third-order valence-electron chi connectivity index (χ3n) is 6.26. The zero-order valence-corrected chi connectivity index (χ0v) is 20.8. The number of carbonyl (C=O) groups is 2. The Labute approximate surface area is 209 Å². The maximum Gasteiger partial charge on any atom is 0.300 e. The maximum absolute atomic E-state index is 14.1. The molecule has 1 fully saturated rings. The van der Waals surface area contributed by atoms with Crippen molar-refractivity contribution in [1.82, 2.24) is 0 Å². The fourth-order valence-electron chi connectivity index (χ4n) is 4.36. The first kappa shape index (κ1) is 25.0. The van der Waals surface area contributed by atoms with Gasteiger partial charge in [0.1, 0.15) is 23.1 Å². The summed E-state index contributed by atoms with van der Waals surface area (Å²) in [5.41, 5.74) is 1.53. The van der Waals surface area contributed by atoms with Gasteiger partial charge in [-0.2, -0.15) is 0 Å². The predicted molar refractivity (Wildman–Crippen MR) is 136 cm³/mol. The van der Waals surface area contributed by atoms with Crippen LogP contribution < -0.4 is 14.4 Å². The molecule has 0 bridgehead atoms. The number of amides is 1. The standard InChI is InChI=1S/C29H28FNO5/c1-29(2,3)18-12-13-23(36-5)22(15-18)26(32)24-25(17-8-6-11-21(14-17)35-4)31(28(34)27(24)33)20-10-7-9-19(30)16-20/h6-16,25,32H,1-5H3/b26-24+. The number of hydrogen-bond acceptors (Lipinski definition) is 5. The van der Waals surface area contributed by atoms with Gasteiger partial charge in [0.15, 0.2) is 0 Å². The molecule has 0 saturated carbocycles. The highest BCUT2D eigenvalue weighted by Gasteiger charge is 2.47. The van der Waals surface area contributed by atoms with Crippen molar-refractivity contribution in [3.8, 4) is 11.5 Å². The number of nitrogens with zero attached hydrogens (tertiary/aromatic N) is 1. The fraction of sp³-hybridized carbons (Fsp3) is 0.241. The van der Waals surface area contributed by atoms with E-state index in [9.17, 15) is 19.1 Å². The van der Waals surface area contributed by atoms with Gasteiger partial charge in [-0.25, -0.2) is 4.39 Å². The summed E-state index contributed by atoms with van der Waals surface area (Å²) in [6.07, 6.45) is 0. The third kappa shape index (κ3) is 4.44. The number of halogens is 1. The van der Waals surface area contributed by atoms with Gasteiger partial charge in [-0.05, 0) is 59.0 Å². The average Bonchev–Trinajstić information content (AvgIpc) is 3.13.